The van der Waals surface area contributed by atoms with E-state index in [-0.39, 0.29) is 0 Å². The van der Waals surface area contributed by atoms with E-state index in [2.05, 4.69) is 17.5 Å². The number of benzene rings is 1. The first-order valence-corrected chi connectivity index (χ1v) is 7.22. The van der Waals surface area contributed by atoms with Crippen LogP contribution in [0.15, 0.2) is 24.3 Å². The summed E-state index contributed by atoms with van der Waals surface area (Å²) in [6.45, 7) is 1.68. The molecule has 1 saturated carbocycles. The van der Waals surface area contributed by atoms with Crippen LogP contribution in [0.25, 0.3) is 0 Å². The summed E-state index contributed by atoms with van der Waals surface area (Å²) in [7, 11) is 0. The van der Waals surface area contributed by atoms with Crippen molar-refractivity contribution in [1.29, 1.82) is 5.26 Å². The van der Waals surface area contributed by atoms with Gasteiger partial charge in [0.15, 0.2) is 0 Å². The van der Waals surface area contributed by atoms with Gasteiger partial charge < -0.3 is 10.1 Å². The molecule has 1 fully saturated rings. The lowest BCUT2D eigenvalue weighted by atomic mass is 10.1. The van der Waals surface area contributed by atoms with Crippen molar-refractivity contribution in [3.8, 4) is 11.8 Å². The van der Waals surface area contributed by atoms with Crippen LogP contribution in [0.3, 0.4) is 0 Å². The number of hydrogen-bond donors (Lipinski definition) is 1. The van der Waals surface area contributed by atoms with Gasteiger partial charge in [0.1, 0.15) is 5.75 Å². The fourth-order valence-corrected chi connectivity index (χ4v) is 2.51. The molecule has 102 valence electrons. The van der Waals surface area contributed by atoms with Crippen molar-refractivity contribution in [3.63, 3.8) is 0 Å². The first-order valence-electron chi connectivity index (χ1n) is 7.22. The summed E-state index contributed by atoms with van der Waals surface area (Å²) < 4.78 is 5.63. The summed E-state index contributed by atoms with van der Waals surface area (Å²) in [6.07, 6.45) is 6.83. The van der Waals surface area contributed by atoms with Gasteiger partial charge in [0, 0.05) is 24.7 Å². The molecule has 1 aliphatic rings. The Hall–Kier alpha value is -1.69. The second-order valence-corrected chi connectivity index (χ2v) is 5.17. The fraction of sp³-hybridized carbons (Fsp3) is 0.562. The summed E-state index contributed by atoms with van der Waals surface area (Å²) in [5.41, 5.74) is 1.13. The molecule has 0 bridgehead atoms. The lowest BCUT2D eigenvalue weighted by Crippen LogP contribution is -2.10. The van der Waals surface area contributed by atoms with Gasteiger partial charge >= 0.3 is 0 Å². The van der Waals surface area contributed by atoms with Gasteiger partial charge in [-0.15, -0.1) is 0 Å². The van der Waals surface area contributed by atoms with Gasteiger partial charge in [0.2, 0.25) is 0 Å². The lowest BCUT2D eigenvalue weighted by molar-refractivity contribution is 0.313. The second kappa shape index (κ2) is 7.68. The maximum Gasteiger partial charge on any atom is 0.121 e. The Morgan fingerprint density at radius 1 is 1.32 bits per heavy atom. The number of unbranched alkanes of at least 4 members (excludes halogenated alkanes) is 1. The topological polar surface area (TPSA) is 45.0 Å². The highest BCUT2D eigenvalue weighted by molar-refractivity contribution is 5.48. The highest BCUT2D eigenvalue weighted by atomic mass is 16.5. The van der Waals surface area contributed by atoms with Crippen LogP contribution in [-0.2, 0) is 0 Å². The molecule has 0 atom stereocenters. The zero-order valence-electron chi connectivity index (χ0n) is 11.4. The second-order valence-electron chi connectivity index (χ2n) is 5.17. The number of nitrogens with one attached hydrogen (secondary N) is 1. The van der Waals surface area contributed by atoms with Crippen LogP contribution >= 0.6 is 0 Å². The van der Waals surface area contributed by atoms with Gasteiger partial charge in [-0.1, -0.05) is 18.9 Å². The first-order chi connectivity index (χ1) is 9.38. The van der Waals surface area contributed by atoms with Crippen molar-refractivity contribution < 1.29 is 4.74 Å². The van der Waals surface area contributed by atoms with Crippen molar-refractivity contribution in [1.82, 2.24) is 0 Å². The van der Waals surface area contributed by atoms with Crippen molar-refractivity contribution >= 4 is 5.69 Å². The normalized spacial score (nSPS) is 15.1. The largest absolute Gasteiger partial charge is 0.493 e. The first kappa shape index (κ1) is 13.7. The molecule has 1 aromatic carbocycles. The molecule has 0 saturated heterocycles. The molecule has 0 spiro atoms. The van der Waals surface area contributed by atoms with Gasteiger partial charge in [-0.05, 0) is 37.3 Å². The van der Waals surface area contributed by atoms with Gasteiger partial charge in [-0.25, -0.2) is 0 Å². The maximum absolute atomic E-state index is 8.47. The van der Waals surface area contributed by atoms with E-state index < -0.39 is 0 Å². The van der Waals surface area contributed by atoms with Crippen molar-refractivity contribution in [3.05, 3.63) is 24.3 Å². The standard InChI is InChI=1S/C16H22N2O/c17-10-3-4-11-19-16-9-5-8-15(12-16)18-13-14-6-1-2-7-14/h5,8-9,12,14,18H,1-4,6-7,11,13H2. The highest BCUT2D eigenvalue weighted by Gasteiger charge is 2.14. The summed E-state index contributed by atoms with van der Waals surface area (Å²) in [5, 5.41) is 12.0. The zero-order chi connectivity index (χ0) is 13.3. The van der Waals surface area contributed by atoms with E-state index in [9.17, 15) is 0 Å². The Morgan fingerprint density at radius 3 is 2.95 bits per heavy atom. The SMILES string of the molecule is N#CCCCOc1cccc(NCC2CCCC2)c1. The van der Waals surface area contributed by atoms with Gasteiger partial charge in [0.05, 0.1) is 12.7 Å². The molecule has 1 aromatic rings. The monoisotopic (exact) mass is 258 g/mol. The molecule has 0 heterocycles. The van der Waals surface area contributed by atoms with Gasteiger partial charge in [-0.3, -0.25) is 0 Å². The Balaban J connectivity index is 1.76. The molecule has 0 radical (unpaired) electrons. The average molecular weight is 258 g/mol. The van der Waals surface area contributed by atoms with E-state index in [0.717, 1.165) is 30.3 Å². The van der Waals surface area contributed by atoms with Crippen LogP contribution in [0.2, 0.25) is 0 Å². The van der Waals surface area contributed by atoms with Crippen LogP contribution < -0.4 is 10.1 Å². The van der Waals surface area contributed by atoms with Crippen molar-refractivity contribution in [2.45, 2.75) is 38.5 Å². The summed E-state index contributed by atoms with van der Waals surface area (Å²) in [5.74, 6) is 1.72. The third-order valence-electron chi connectivity index (χ3n) is 3.61. The number of nitriles is 1. The minimum atomic E-state index is 0.555. The molecule has 0 unspecified atom stereocenters. The molecule has 1 aliphatic carbocycles. The minimum Gasteiger partial charge on any atom is -0.493 e. The van der Waals surface area contributed by atoms with Crippen LogP contribution in [-0.4, -0.2) is 13.2 Å². The van der Waals surface area contributed by atoms with E-state index >= 15 is 0 Å². The zero-order valence-corrected chi connectivity index (χ0v) is 11.4. The molecule has 3 nitrogen and oxygen atoms in total. The Bertz CT molecular complexity index is 419. The molecule has 19 heavy (non-hydrogen) atoms. The van der Waals surface area contributed by atoms with Gasteiger partial charge in [0.25, 0.3) is 0 Å². The highest BCUT2D eigenvalue weighted by Crippen LogP contribution is 2.25. The van der Waals surface area contributed by atoms with E-state index in [0.29, 0.717) is 13.0 Å². The van der Waals surface area contributed by atoms with E-state index in [1.54, 1.807) is 0 Å². The summed E-state index contributed by atoms with van der Waals surface area (Å²) in [6, 6.07) is 10.2. The number of nitrogens with zero attached hydrogens (tertiary/aromatic N) is 1. The Morgan fingerprint density at radius 2 is 2.16 bits per heavy atom. The van der Waals surface area contributed by atoms with E-state index in [1.165, 1.54) is 25.7 Å². The number of anilines is 1. The number of ether oxygens (including phenoxy) is 1. The predicted octanol–water partition coefficient (Wildman–Crippen LogP) is 3.97. The molecule has 0 aliphatic heterocycles. The number of hydrogen-bond acceptors (Lipinski definition) is 3. The Kier molecular flexibility index (Phi) is 5.55. The fourth-order valence-electron chi connectivity index (χ4n) is 2.51. The molecule has 0 aromatic heterocycles. The molecule has 0 amide bonds. The lowest BCUT2D eigenvalue weighted by Gasteiger charge is -2.13. The van der Waals surface area contributed by atoms with Crippen LogP contribution in [0.4, 0.5) is 5.69 Å². The van der Waals surface area contributed by atoms with Crippen LogP contribution in [0, 0.1) is 17.2 Å². The average Bonchev–Trinajstić information content (AvgIpc) is 2.95. The molecule has 2 rings (SSSR count). The van der Waals surface area contributed by atoms with E-state index in [1.807, 2.05) is 18.2 Å². The maximum atomic E-state index is 8.47. The molecular formula is C16H22N2O. The van der Waals surface area contributed by atoms with Crippen LogP contribution in [0.1, 0.15) is 38.5 Å². The van der Waals surface area contributed by atoms with Crippen LogP contribution in [0.5, 0.6) is 5.75 Å². The third-order valence-corrected chi connectivity index (χ3v) is 3.61. The molecule has 3 heteroatoms. The predicted molar refractivity (Wildman–Crippen MR) is 77.2 cm³/mol. The minimum absolute atomic E-state index is 0.555. The van der Waals surface area contributed by atoms with Crippen molar-refractivity contribution in [2.75, 3.05) is 18.5 Å². The summed E-state index contributed by atoms with van der Waals surface area (Å²) in [4.78, 5) is 0. The van der Waals surface area contributed by atoms with Crippen molar-refractivity contribution in [2.24, 2.45) is 5.92 Å². The molecule has 1 N–H and O–H groups in total. The molecular weight excluding hydrogens is 236 g/mol. The van der Waals surface area contributed by atoms with Gasteiger partial charge in [-0.2, -0.15) is 5.26 Å². The quantitative estimate of drug-likeness (QED) is 0.753. The summed E-state index contributed by atoms with van der Waals surface area (Å²) >= 11 is 0. The number of rotatable bonds is 7. The van der Waals surface area contributed by atoms with E-state index in [4.69, 9.17) is 10.00 Å². The third kappa shape index (κ3) is 4.82. The smallest absolute Gasteiger partial charge is 0.121 e. The Labute approximate surface area is 115 Å².